The van der Waals surface area contributed by atoms with E-state index in [1.807, 2.05) is 44.2 Å². The van der Waals surface area contributed by atoms with Crippen molar-refractivity contribution in [2.45, 2.75) is 135 Å². The molecule has 1 aliphatic rings. The standard InChI is InChI=1S/C38H62N6O9/c1-25(2)23-29(42-30(45)27(39)24-26-15-11-10-12-16-26)31(46)41-28(17-13-14-20-40-34(49)52-36(3,4)5)32(47)44-21-18-38(19-22-44,33(48)51-9)43-35(50)53-37(6,7)8/h10-12,15-16,25,27-29H,13-14,17-24,39H2,1-9H3,(H,40,49)(H,41,46)(H,42,45)(H,43,50)/t27?,28-,29-/m1/s1. The molecular weight excluding hydrogens is 684 g/mol. The summed E-state index contributed by atoms with van der Waals surface area (Å²) in [5.74, 6) is -2.04. The van der Waals surface area contributed by atoms with Crippen LogP contribution in [0.1, 0.15) is 99.5 Å². The van der Waals surface area contributed by atoms with Gasteiger partial charge < -0.3 is 46.1 Å². The number of alkyl carbamates (subject to hydrolysis) is 2. The first-order valence-electron chi connectivity index (χ1n) is 18.4. The molecule has 15 heteroatoms. The quantitative estimate of drug-likeness (QED) is 0.0948. The van der Waals surface area contributed by atoms with E-state index in [1.54, 1.807) is 41.5 Å². The van der Waals surface area contributed by atoms with Gasteiger partial charge in [-0.15, -0.1) is 0 Å². The third kappa shape index (κ3) is 16.0. The largest absolute Gasteiger partial charge is 0.467 e. The van der Waals surface area contributed by atoms with E-state index in [9.17, 15) is 28.8 Å². The molecule has 15 nitrogen and oxygen atoms in total. The summed E-state index contributed by atoms with van der Waals surface area (Å²) >= 11 is 0. The van der Waals surface area contributed by atoms with E-state index in [0.717, 1.165) is 5.56 Å². The molecule has 6 N–H and O–H groups in total. The first-order valence-corrected chi connectivity index (χ1v) is 18.4. The maximum Gasteiger partial charge on any atom is 0.408 e. The van der Waals surface area contributed by atoms with E-state index in [2.05, 4.69) is 21.3 Å². The molecule has 3 atom stereocenters. The van der Waals surface area contributed by atoms with Gasteiger partial charge in [0.05, 0.1) is 13.2 Å². The van der Waals surface area contributed by atoms with Crippen LogP contribution in [-0.2, 0) is 39.8 Å². The van der Waals surface area contributed by atoms with Crippen molar-refractivity contribution in [1.82, 2.24) is 26.2 Å². The highest BCUT2D eigenvalue weighted by Crippen LogP contribution is 2.26. The Hall–Kier alpha value is -4.40. The maximum atomic E-state index is 14.1. The number of nitrogens with zero attached hydrogens (tertiary/aromatic N) is 1. The van der Waals surface area contributed by atoms with Gasteiger partial charge in [0.25, 0.3) is 0 Å². The molecule has 0 radical (unpaired) electrons. The first-order chi connectivity index (χ1) is 24.6. The van der Waals surface area contributed by atoms with Crippen LogP contribution in [0.5, 0.6) is 0 Å². The Morgan fingerprint density at radius 2 is 1.40 bits per heavy atom. The number of carbonyl (C=O) groups is 6. The summed E-state index contributed by atoms with van der Waals surface area (Å²) in [5.41, 5.74) is 4.25. The number of likely N-dealkylation sites (tertiary alicyclic amines) is 1. The lowest BCUT2D eigenvalue weighted by Gasteiger charge is -2.41. The molecule has 298 valence electrons. The highest BCUT2D eigenvalue weighted by atomic mass is 16.6. The number of hydrogen-bond acceptors (Lipinski definition) is 10. The summed E-state index contributed by atoms with van der Waals surface area (Å²) in [5, 5.41) is 11.0. The second-order valence-electron chi connectivity index (χ2n) is 16.0. The third-order valence-corrected chi connectivity index (χ3v) is 8.42. The van der Waals surface area contributed by atoms with Crippen molar-refractivity contribution in [1.29, 1.82) is 0 Å². The minimum absolute atomic E-state index is 0.0236. The minimum Gasteiger partial charge on any atom is -0.467 e. The van der Waals surface area contributed by atoms with Gasteiger partial charge in [-0.3, -0.25) is 14.4 Å². The zero-order chi connectivity index (χ0) is 40.0. The normalized spacial score (nSPS) is 16.0. The fraction of sp³-hybridized carbons (Fsp3) is 0.684. The van der Waals surface area contributed by atoms with Gasteiger partial charge in [0.2, 0.25) is 17.7 Å². The van der Waals surface area contributed by atoms with Gasteiger partial charge in [0.15, 0.2) is 0 Å². The van der Waals surface area contributed by atoms with Gasteiger partial charge >= 0.3 is 18.2 Å². The zero-order valence-corrected chi connectivity index (χ0v) is 33.0. The van der Waals surface area contributed by atoms with Crippen LogP contribution in [0.15, 0.2) is 30.3 Å². The summed E-state index contributed by atoms with van der Waals surface area (Å²) in [6, 6.07) is 6.48. The summed E-state index contributed by atoms with van der Waals surface area (Å²) < 4.78 is 15.7. The van der Waals surface area contributed by atoms with Gasteiger partial charge in [0.1, 0.15) is 28.8 Å². The predicted octanol–water partition coefficient (Wildman–Crippen LogP) is 3.33. The Morgan fingerprint density at radius 3 is 1.94 bits per heavy atom. The van der Waals surface area contributed by atoms with Crippen molar-refractivity contribution >= 4 is 35.9 Å². The van der Waals surface area contributed by atoms with E-state index in [0.29, 0.717) is 19.3 Å². The predicted molar refractivity (Wildman–Crippen MR) is 199 cm³/mol. The second kappa shape index (κ2) is 20.2. The van der Waals surface area contributed by atoms with Crippen LogP contribution >= 0.6 is 0 Å². The lowest BCUT2D eigenvalue weighted by atomic mass is 9.87. The Morgan fingerprint density at radius 1 is 0.830 bits per heavy atom. The number of piperidine rings is 1. The molecule has 1 saturated heterocycles. The molecule has 53 heavy (non-hydrogen) atoms. The van der Waals surface area contributed by atoms with E-state index < -0.39 is 64.8 Å². The van der Waals surface area contributed by atoms with Crippen LogP contribution in [0.3, 0.4) is 0 Å². The van der Waals surface area contributed by atoms with Crippen LogP contribution in [0.25, 0.3) is 0 Å². The molecule has 1 heterocycles. The number of esters is 1. The van der Waals surface area contributed by atoms with Crippen molar-refractivity contribution in [3.63, 3.8) is 0 Å². The number of rotatable bonds is 16. The number of nitrogens with one attached hydrogen (secondary N) is 4. The van der Waals surface area contributed by atoms with Gasteiger partial charge in [-0.2, -0.15) is 0 Å². The Labute approximate surface area is 314 Å². The summed E-state index contributed by atoms with van der Waals surface area (Å²) in [6.45, 7) is 14.7. The number of amides is 5. The van der Waals surface area contributed by atoms with Crippen molar-refractivity contribution in [3.05, 3.63) is 35.9 Å². The number of unbranched alkanes of at least 4 members (excludes halogenated alkanes) is 1. The number of carbonyl (C=O) groups excluding carboxylic acids is 6. The molecule has 1 fully saturated rings. The van der Waals surface area contributed by atoms with Gasteiger partial charge in [-0.25, -0.2) is 14.4 Å². The first kappa shape index (κ1) is 44.8. The molecule has 1 aromatic carbocycles. The molecule has 1 aliphatic heterocycles. The second-order valence-corrected chi connectivity index (χ2v) is 16.0. The van der Waals surface area contributed by atoms with E-state index in [-0.39, 0.29) is 57.1 Å². The van der Waals surface area contributed by atoms with Gasteiger partial charge in [-0.05, 0) is 98.0 Å². The molecule has 0 aliphatic carbocycles. The van der Waals surface area contributed by atoms with Crippen molar-refractivity contribution in [2.24, 2.45) is 11.7 Å². The van der Waals surface area contributed by atoms with Crippen LogP contribution in [0, 0.1) is 5.92 Å². The molecule has 0 spiro atoms. The van der Waals surface area contributed by atoms with E-state index >= 15 is 0 Å². The SMILES string of the molecule is COC(=O)C1(NC(=O)OC(C)(C)C)CCN(C(=O)[C@@H](CCCCNC(=O)OC(C)(C)C)NC(=O)[C@@H](CC(C)C)NC(=O)C(N)Cc2ccccc2)CC1. The molecule has 0 bridgehead atoms. The summed E-state index contributed by atoms with van der Waals surface area (Å²) in [7, 11) is 1.22. The summed E-state index contributed by atoms with van der Waals surface area (Å²) in [6.07, 6.45) is 0.524. The molecule has 5 amide bonds. The Kier molecular flexibility index (Phi) is 17.0. The van der Waals surface area contributed by atoms with Crippen LogP contribution in [-0.4, -0.2) is 102 Å². The number of hydrogen-bond donors (Lipinski definition) is 5. The highest BCUT2D eigenvalue weighted by Gasteiger charge is 2.46. The number of ether oxygens (including phenoxy) is 3. The fourth-order valence-electron chi connectivity index (χ4n) is 5.85. The topological polar surface area (TPSA) is 207 Å². The number of nitrogens with two attached hydrogens (primary N) is 1. The smallest absolute Gasteiger partial charge is 0.408 e. The molecule has 0 aromatic heterocycles. The lowest BCUT2D eigenvalue weighted by Crippen LogP contribution is -2.63. The average Bonchev–Trinajstić information content (AvgIpc) is 3.05. The van der Waals surface area contributed by atoms with Crippen LogP contribution in [0.4, 0.5) is 9.59 Å². The van der Waals surface area contributed by atoms with Gasteiger partial charge in [-0.1, -0.05) is 44.2 Å². The minimum atomic E-state index is -1.41. The monoisotopic (exact) mass is 746 g/mol. The zero-order valence-electron chi connectivity index (χ0n) is 33.0. The molecular formula is C38H62N6O9. The van der Waals surface area contributed by atoms with Crippen molar-refractivity contribution < 1.29 is 43.0 Å². The van der Waals surface area contributed by atoms with E-state index in [4.69, 9.17) is 19.9 Å². The molecule has 0 saturated carbocycles. The molecule has 1 unspecified atom stereocenters. The molecule has 1 aromatic rings. The number of benzene rings is 1. The lowest BCUT2D eigenvalue weighted by molar-refractivity contribution is -0.153. The maximum absolute atomic E-state index is 14.1. The van der Waals surface area contributed by atoms with Crippen LogP contribution in [0.2, 0.25) is 0 Å². The molecule has 2 rings (SSSR count). The highest BCUT2D eigenvalue weighted by molar-refractivity contribution is 5.93. The average molecular weight is 747 g/mol. The number of methoxy groups -OCH3 is 1. The van der Waals surface area contributed by atoms with Gasteiger partial charge in [0, 0.05) is 19.6 Å². The Balaban J connectivity index is 2.21. The van der Waals surface area contributed by atoms with Crippen molar-refractivity contribution in [3.8, 4) is 0 Å². The third-order valence-electron chi connectivity index (χ3n) is 8.42. The van der Waals surface area contributed by atoms with Crippen molar-refractivity contribution in [2.75, 3.05) is 26.7 Å². The Bertz CT molecular complexity index is 1380. The van der Waals surface area contributed by atoms with E-state index in [1.165, 1.54) is 12.0 Å². The van der Waals surface area contributed by atoms with Crippen LogP contribution < -0.4 is 27.0 Å². The summed E-state index contributed by atoms with van der Waals surface area (Å²) in [4.78, 5) is 80.4. The fourth-order valence-corrected chi connectivity index (χ4v) is 5.85.